The van der Waals surface area contributed by atoms with Crippen LogP contribution in [0.25, 0.3) is 0 Å². The Kier molecular flexibility index (Phi) is 4.92. The summed E-state index contributed by atoms with van der Waals surface area (Å²) in [7, 11) is 0. The van der Waals surface area contributed by atoms with Crippen LogP contribution in [-0.4, -0.2) is 40.4 Å². The van der Waals surface area contributed by atoms with Crippen molar-refractivity contribution in [2.75, 3.05) is 19.6 Å². The first-order valence-electron chi connectivity index (χ1n) is 8.04. The summed E-state index contributed by atoms with van der Waals surface area (Å²) in [5.41, 5.74) is 1.53. The van der Waals surface area contributed by atoms with Crippen LogP contribution in [0.2, 0.25) is 0 Å². The van der Waals surface area contributed by atoms with Gasteiger partial charge >= 0.3 is 0 Å². The van der Waals surface area contributed by atoms with E-state index in [-0.39, 0.29) is 11.7 Å². The Morgan fingerprint density at radius 2 is 2.17 bits per heavy atom. The van der Waals surface area contributed by atoms with Gasteiger partial charge in [-0.25, -0.2) is 0 Å². The van der Waals surface area contributed by atoms with Crippen molar-refractivity contribution in [1.29, 1.82) is 0 Å². The summed E-state index contributed by atoms with van der Waals surface area (Å²) in [6.45, 7) is 2.51. The summed E-state index contributed by atoms with van der Waals surface area (Å²) in [6, 6.07) is 9.11. The number of rotatable bonds is 5. The number of amides is 1. The van der Waals surface area contributed by atoms with Gasteiger partial charge in [0.2, 0.25) is 0 Å². The van der Waals surface area contributed by atoms with Crippen LogP contribution in [-0.2, 0) is 6.42 Å². The normalized spacial score (nSPS) is 17.8. The van der Waals surface area contributed by atoms with E-state index in [1.54, 1.807) is 18.2 Å². The van der Waals surface area contributed by atoms with Gasteiger partial charge in [-0.1, -0.05) is 12.1 Å². The van der Waals surface area contributed by atoms with Crippen molar-refractivity contribution < 1.29 is 9.90 Å². The van der Waals surface area contributed by atoms with Crippen molar-refractivity contribution in [3.63, 3.8) is 0 Å². The van der Waals surface area contributed by atoms with E-state index in [1.807, 2.05) is 23.0 Å². The smallest absolute Gasteiger partial charge is 0.271 e. The van der Waals surface area contributed by atoms with E-state index in [9.17, 15) is 9.90 Å². The molecule has 1 atom stereocenters. The minimum atomic E-state index is -0.147. The molecule has 1 fully saturated rings. The second-order valence-corrected chi connectivity index (χ2v) is 5.85. The lowest BCUT2D eigenvalue weighted by molar-refractivity contribution is 0.0947. The molecule has 3 rings (SSSR count). The van der Waals surface area contributed by atoms with Gasteiger partial charge in [-0.15, -0.1) is 0 Å². The summed E-state index contributed by atoms with van der Waals surface area (Å²) in [5.74, 6) is 0.104. The first-order chi connectivity index (χ1) is 11.2. The Balaban J connectivity index is 1.50. The van der Waals surface area contributed by atoms with Gasteiger partial charge in [0.25, 0.3) is 5.91 Å². The predicted molar refractivity (Wildman–Crippen MR) is 87.5 cm³/mol. The van der Waals surface area contributed by atoms with E-state index in [1.165, 1.54) is 0 Å². The monoisotopic (exact) mass is 314 g/mol. The van der Waals surface area contributed by atoms with Crippen LogP contribution < -0.4 is 10.6 Å². The zero-order valence-electron chi connectivity index (χ0n) is 13.0. The zero-order chi connectivity index (χ0) is 16.1. The number of phenols is 1. The van der Waals surface area contributed by atoms with Crippen molar-refractivity contribution in [2.45, 2.75) is 25.3 Å². The van der Waals surface area contributed by atoms with Crippen molar-refractivity contribution in [3.05, 3.63) is 47.8 Å². The van der Waals surface area contributed by atoms with Gasteiger partial charge in [-0.2, -0.15) is 5.10 Å². The van der Waals surface area contributed by atoms with Crippen molar-refractivity contribution >= 4 is 5.91 Å². The number of nitrogens with zero attached hydrogens (tertiary/aromatic N) is 2. The summed E-state index contributed by atoms with van der Waals surface area (Å²) >= 11 is 0. The Labute approximate surface area is 135 Å². The Morgan fingerprint density at radius 1 is 1.35 bits per heavy atom. The minimum Gasteiger partial charge on any atom is -0.508 e. The number of aromatic hydroxyl groups is 1. The SMILES string of the molecule is O=C(NCCc1ccc(O)cc1)c1ccn(C2CCCNC2)n1. The van der Waals surface area contributed by atoms with E-state index in [4.69, 9.17) is 0 Å². The number of phenolic OH excluding ortho intramolecular Hbond substituents is 1. The largest absolute Gasteiger partial charge is 0.508 e. The first-order valence-corrected chi connectivity index (χ1v) is 8.04. The molecule has 6 heteroatoms. The Hall–Kier alpha value is -2.34. The fraction of sp³-hybridized carbons (Fsp3) is 0.412. The average Bonchev–Trinajstić information content (AvgIpc) is 3.07. The third-order valence-electron chi connectivity index (χ3n) is 4.12. The van der Waals surface area contributed by atoms with Gasteiger partial charge in [0, 0.05) is 19.3 Å². The maximum Gasteiger partial charge on any atom is 0.271 e. The van der Waals surface area contributed by atoms with E-state index in [0.29, 0.717) is 18.3 Å². The van der Waals surface area contributed by atoms with Gasteiger partial charge in [0.1, 0.15) is 11.4 Å². The molecule has 2 heterocycles. The quantitative estimate of drug-likeness (QED) is 0.781. The van der Waals surface area contributed by atoms with Crippen LogP contribution >= 0.6 is 0 Å². The third kappa shape index (κ3) is 4.10. The van der Waals surface area contributed by atoms with Gasteiger partial charge in [-0.3, -0.25) is 9.48 Å². The maximum atomic E-state index is 12.1. The number of hydrogen-bond acceptors (Lipinski definition) is 4. The summed E-state index contributed by atoms with van der Waals surface area (Å²) in [4.78, 5) is 12.1. The standard InChI is InChI=1S/C17H22N4O2/c22-15-5-3-13(4-6-15)7-10-19-17(23)16-8-11-21(20-16)14-2-1-9-18-12-14/h3-6,8,11,14,18,22H,1-2,7,9-10,12H2,(H,19,23). The van der Waals surface area contributed by atoms with Crippen molar-refractivity contribution in [3.8, 4) is 5.75 Å². The second kappa shape index (κ2) is 7.28. The van der Waals surface area contributed by atoms with E-state index < -0.39 is 0 Å². The molecule has 0 spiro atoms. The van der Waals surface area contributed by atoms with Gasteiger partial charge in [-0.05, 0) is 49.6 Å². The predicted octanol–water partition coefficient (Wildman–Crippen LogP) is 1.49. The van der Waals surface area contributed by atoms with E-state index in [0.717, 1.165) is 37.9 Å². The highest BCUT2D eigenvalue weighted by Gasteiger charge is 2.17. The molecule has 1 aromatic heterocycles. The minimum absolute atomic E-state index is 0.147. The van der Waals surface area contributed by atoms with Crippen molar-refractivity contribution in [2.24, 2.45) is 0 Å². The molecule has 3 N–H and O–H groups in total. The number of carbonyl (C=O) groups excluding carboxylic acids is 1. The number of aromatic nitrogens is 2. The maximum absolute atomic E-state index is 12.1. The average molecular weight is 314 g/mol. The highest BCUT2D eigenvalue weighted by Crippen LogP contribution is 2.15. The Morgan fingerprint density at radius 3 is 2.91 bits per heavy atom. The molecule has 1 aromatic carbocycles. The molecular weight excluding hydrogens is 292 g/mol. The molecule has 0 bridgehead atoms. The summed E-state index contributed by atoms with van der Waals surface area (Å²) in [5, 5.41) is 19.9. The lowest BCUT2D eigenvalue weighted by Gasteiger charge is -2.22. The Bertz CT molecular complexity index is 645. The van der Waals surface area contributed by atoms with E-state index >= 15 is 0 Å². The first kappa shape index (κ1) is 15.6. The number of carbonyl (C=O) groups is 1. The molecule has 0 saturated carbocycles. The molecule has 23 heavy (non-hydrogen) atoms. The number of hydrogen-bond donors (Lipinski definition) is 3. The summed E-state index contributed by atoms with van der Waals surface area (Å²) < 4.78 is 1.89. The molecule has 1 aliphatic rings. The molecule has 2 aromatic rings. The second-order valence-electron chi connectivity index (χ2n) is 5.85. The van der Waals surface area contributed by atoms with Gasteiger partial charge in [0.15, 0.2) is 0 Å². The van der Waals surface area contributed by atoms with Gasteiger partial charge in [0.05, 0.1) is 6.04 Å². The van der Waals surface area contributed by atoms with Crippen molar-refractivity contribution in [1.82, 2.24) is 20.4 Å². The van der Waals surface area contributed by atoms with Crippen LogP contribution in [0.4, 0.5) is 0 Å². The third-order valence-corrected chi connectivity index (χ3v) is 4.12. The lowest BCUT2D eigenvalue weighted by atomic mass is 10.1. The highest BCUT2D eigenvalue weighted by atomic mass is 16.3. The van der Waals surface area contributed by atoms with Crippen LogP contribution in [0.15, 0.2) is 36.5 Å². The molecule has 6 nitrogen and oxygen atoms in total. The fourth-order valence-electron chi connectivity index (χ4n) is 2.80. The topological polar surface area (TPSA) is 79.2 Å². The van der Waals surface area contributed by atoms with Crippen LogP contribution in [0, 0.1) is 0 Å². The van der Waals surface area contributed by atoms with Crippen LogP contribution in [0.1, 0.15) is 34.9 Å². The molecule has 1 aliphatic heterocycles. The molecular formula is C17H22N4O2. The lowest BCUT2D eigenvalue weighted by Crippen LogP contribution is -2.32. The number of nitrogens with one attached hydrogen (secondary N) is 2. The molecule has 1 unspecified atom stereocenters. The van der Waals surface area contributed by atoms with E-state index in [2.05, 4.69) is 15.7 Å². The van der Waals surface area contributed by atoms with Gasteiger partial charge < -0.3 is 15.7 Å². The zero-order valence-corrected chi connectivity index (χ0v) is 13.0. The molecule has 0 radical (unpaired) electrons. The molecule has 1 amide bonds. The number of benzene rings is 1. The molecule has 0 aliphatic carbocycles. The molecule has 122 valence electrons. The number of piperidine rings is 1. The van der Waals surface area contributed by atoms with Crippen LogP contribution in [0.3, 0.4) is 0 Å². The highest BCUT2D eigenvalue weighted by molar-refractivity contribution is 5.92. The summed E-state index contributed by atoms with van der Waals surface area (Å²) in [6.07, 6.45) is 4.83. The molecule has 1 saturated heterocycles. The van der Waals surface area contributed by atoms with Crippen LogP contribution in [0.5, 0.6) is 5.75 Å². The fourth-order valence-corrected chi connectivity index (χ4v) is 2.80.